The van der Waals surface area contributed by atoms with E-state index >= 15 is 0 Å². The highest BCUT2D eigenvalue weighted by atomic mass is 16.6. The first-order valence-electron chi connectivity index (χ1n) is 8.17. The van der Waals surface area contributed by atoms with Gasteiger partial charge in [0, 0.05) is 13.0 Å². The standard InChI is InChI=1S/C15H26N4O3/c1-13-15(18-22-17-13)21-12-8-16-14(20)7-11-19-9-5-3-2-4-6-10-19/h2-12H2,1H3,(H,16,20). The molecular weight excluding hydrogens is 284 g/mol. The van der Waals surface area contributed by atoms with Gasteiger partial charge in [-0.2, -0.15) is 0 Å². The molecule has 0 radical (unpaired) electrons. The van der Waals surface area contributed by atoms with Gasteiger partial charge in [0.05, 0.1) is 6.54 Å². The second-order valence-electron chi connectivity index (χ2n) is 5.71. The van der Waals surface area contributed by atoms with E-state index in [0.717, 1.165) is 19.6 Å². The fourth-order valence-electron chi connectivity index (χ4n) is 2.58. The van der Waals surface area contributed by atoms with Crippen LogP contribution in [0.15, 0.2) is 4.63 Å². The van der Waals surface area contributed by atoms with Crippen LogP contribution in [0.3, 0.4) is 0 Å². The molecule has 1 aliphatic rings. The van der Waals surface area contributed by atoms with Gasteiger partial charge in [0.15, 0.2) is 0 Å². The Morgan fingerprint density at radius 3 is 2.64 bits per heavy atom. The Labute approximate surface area is 131 Å². The number of ether oxygens (including phenoxy) is 1. The Kier molecular flexibility index (Phi) is 7.15. The van der Waals surface area contributed by atoms with Crippen LogP contribution in [0.2, 0.25) is 0 Å². The summed E-state index contributed by atoms with van der Waals surface area (Å²) in [5.74, 6) is 0.454. The van der Waals surface area contributed by atoms with Crippen molar-refractivity contribution < 1.29 is 14.2 Å². The van der Waals surface area contributed by atoms with E-state index in [0.29, 0.717) is 31.1 Å². The van der Waals surface area contributed by atoms with E-state index in [-0.39, 0.29) is 5.91 Å². The molecule has 1 amide bonds. The molecule has 1 aromatic heterocycles. The average Bonchev–Trinajstić information content (AvgIpc) is 2.88. The highest BCUT2D eigenvalue weighted by molar-refractivity contribution is 5.76. The van der Waals surface area contributed by atoms with Crippen LogP contribution < -0.4 is 10.1 Å². The van der Waals surface area contributed by atoms with Crippen LogP contribution in [0.1, 0.15) is 44.2 Å². The first-order chi connectivity index (χ1) is 10.8. The average molecular weight is 310 g/mol. The molecule has 1 aliphatic heterocycles. The zero-order valence-electron chi connectivity index (χ0n) is 13.3. The maximum Gasteiger partial charge on any atom is 0.278 e. The largest absolute Gasteiger partial charge is 0.472 e. The Bertz CT molecular complexity index is 442. The predicted molar refractivity (Wildman–Crippen MR) is 81.7 cm³/mol. The van der Waals surface area contributed by atoms with Gasteiger partial charge in [0.25, 0.3) is 5.88 Å². The van der Waals surface area contributed by atoms with Crippen molar-refractivity contribution in [1.82, 2.24) is 20.5 Å². The summed E-state index contributed by atoms with van der Waals surface area (Å²) in [6.07, 6.45) is 7.03. The van der Waals surface area contributed by atoms with Crippen LogP contribution in [-0.4, -0.2) is 53.9 Å². The quantitative estimate of drug-likeness (QED) is 0.769. The first-order valence-corrected chi connectivity index (χ1v) is 8.17. The van der Waals surface area contributed by atoms with E-state index in [2.05, 4.69) is 25.2 Å². The van der Waals surface area contributed by atoms with E-state index < -0.39 is 0 Å². The Balaban J connectivity index is 1.54. The number of rotatable bonds is 7. The van der Waals surface area contributed by atoms with Gasteiger partial charge in [-0.15, -0.1) is 0 Å². The van der Waals surface area contributed by atoms with Crippen molar-refractivity contribution in [3.8, 4) is 5.88 Å². The molecule has 1 saturated heterocycles. The molecular formula is C15H26N4O3. The molecule has 0 atom stereocenters. The van der Waals surface area contributed by atoms with Gasteiger partial charge in [-0.05, 0) is 38.0 Å². The highest BCUT2D eigenvalue weighted by Gasteiger charge is 2.10. The smallest absolute Gasteiger partial charge is 0.278 e. The number of carbonyl (C=O) groups is 1. The number of amides is 1. The zero-order valence-corrected chi connectivity index (χ0v) is 13.3. The molecule has 1 N–H and O–H groups in total. The molecule has 0 aliphatic carbocycles. The number of nitrogens with zero attached hydrogens (tertiary/aromatic N) is 3. The van der Waals surface area contributed by atoms with Crippen molar-refractivity contribution in [3.63, 3.8) is 0 Å². The Morgan fingerprint density at radius 2 is 1.95 bits per heavy atom. The van der Waals surface area contributed by atoms with Crippen molar-refractivity contribution in [3.05, 3.63) is 5.69 Å². The summed E-state index contributed by atoms with van der Waals surface area (Å²) < 4.78 is 9.89. The second-order valence-corrected chi connectivity index (χ2v) is 5.71. The van der Waals surface area contributed by atoms with E-state index in [1.807, 2.05) is 0 Å². The molecule has 7 heteroatoms. The lowest BCUT2D eigenvalue weighted by atomic mass is 10.1. The summed E-state index contributed by atoms with van der Waals surface area (Å²) in [6, 6.07) is 0. The van der Waals surface area contributed by atoms with Gasteiger partial charge in [0.1, 0.15) is 12.3 Å². The summed E-state index contributed by atoms with van der Waals surface area (Å²) in [7, 11) is 0. The van der Waals surface area contributed by atoms with Crippen LogP contribution in [0.5, 0.6) is 5.88 Å². The zero-order chi connectivity index (χ0) is 15.6. The second kappa shape index (κ2) is 9.40. The molecule has 2 rings (SSSR count). The topological polar surface area (TPSA) is 80.5 Å². The molecule has 0 aromatic carbocycles. The van der Waals surface area contributed by atoms with Crippen LogP contribution in [0, 0.1) is 6.92 Å². The van der Waals surface area contributed by atoms with Crippen LogP contribution in [-0.2, 0) is 4.79 Å². The molecule has 1 fully saturated rings. The summed E-state index contributed by atoms with van der Waals surface area (Å²) in [4.78, 5) is 14.2. The van der Waals surface area contributed by atoms with Crippen molar-refractivity contribution in [2.45, 2.75) is 45.4 Å². The molecule has 22 heavy (non-hydrogen) atoms. The molecule has 0 unspecified atom stereocenters. The first kappa shape index (κ1) is 16.7. The van der Waals surface area contributed by atoms with Crippen LogP contribution in [0.25, 0.3) is 0 Å². The molecule has 7 nitrogen and oxygen atoms in total. The maximum absolute atomic E-state index is 11.8. The fourth-order valence-corrected chi connectivity index (χ4v) is 2.58. The monoisotopic (exact) mass is 310 g/mol. The number of nitrogens with one attached hydrogen (secondary N) is 1. The molecule has 0 bridgehead atoms. The van der Waals surface area contributed by atoms with Crippen molar-refractivity contribution in [1.29, 1.82) is 0 Å². The summed E-state index contributed by atoms with van der Waals surface area (Å²) >= 11 is 0. The summed E-state index contributed by atoms with van der Waals surface area (Å²) in [5.41, 5.74) is 0.614. The van der Waals surface area contributed by atoms with Crippen LogP contribution in [0.4, 0.5) is 0 Å². The number of hydrogen-bond acceptors (Lipinski definition) is 6. The normalized spacial score (nSPS) is 16.8. The molecule has 2 heterocycles. The highest BCUT2D eigenvalue weighted by Crippen LogP contribution is 2.11. The molecule has 1 aromatic rings. The van der Waals surface area contributed by atoms with E-state index in [1.54, 1.807) is 6.92 Å². The van der Waals surface area contributed by atoms with Gasteiger partial charge in [-0.1, -0.05) is 24.4 Å². The summed E-state index contributed by atoms with van der Waals surface area (Å²) in [5, 5.41) is 10.1. The van der Waals surface area contributed by atoms with Gasteiger partial charge < -0.3 is 15.0 Å². The predicted octanol–water partition coefficient (Wildman–Crippen LogP) is 1.53. The van der Waals surface area contributed by atoms with Gasteiger partial charge >= 0.3 is 0 Å². The third-order valence-electron chi connectivity index (χ3n) is 3.88. The van der Waals surface area contributed by atoms with Crippen molar-refractivity contribution >= 4 is 5.91 Å². The number of aromatic nitrogens is 2. The van der Waals surface area contributed by atoms with Crippen molar-refractivity contribution in [2.24, 2.45) is 0 Å². The minimum atomic E-state index is 0.0701. The number of likely N-dealkylation sites (tertiary alicyclic amines) is 1. The van der Waals surface area contributed by atoms with Gasteiger partial charge in [0.2, 0.25) is 5.91 Å². The third-order valence-corrected chi connectivity index (χ3v) is 3.88. The molecule has 0 saturated carbocycles. The Hall–Kier alpha value is -1.63. The lowest BCUT2D eigenvalue weighted by Gasteiger charge is -2.24. The lowest BCUT2D eigenvalue weighted by Crippen LogP contribution is -2.34. The van der Waals surface area contributed by atoms with E-state index in [9.17, 15) is 4.79 Å². The SMILES string of the molecule is Cc1nonc1OCCNC(=O)CCN1CCCCCCC1. The molecule has 124 valence electrons. The van der Waals surface area contributed by atoms with Gasteiger partial charge in [-0.25, -0.2) is 4.63 Å². The van der Waals surface area contributed by atoms with E-state index in [4.69, 9.17) is 4.74 Å². The maximum atomic E-state index is 11.8. The fraction of sp³-hybridized carbons (Fsp3) is 0.800. The minimum absolute atomic E-state index is 0.0701. The third kappa shape index (κ3) is 6.01. The number of hydrogen-bond donors (Lipinski definition) is 1. The van der Waals surface area contributed by atoms with E-state index in [1.165, 1.54) is 32.1 Å². The lowest BCUT2D eigenvalue weighted by molar-refractivity contribution is -0.121. The van der Waals surface area contributed by atoms with Crippen LogP contribution >= 0.6 is 0 Å². The molecule has 0 spiro atoms. The Morgan fingerprint density at radius 1 is 1.23 bits per heavy atom. The van der Waals surface area contributed by atoms with Crippen molar-refractivity contribution in [2.75, 3.05) is 32.8 Å². The van der Waals surface area contributed by atoms with Gasteiger partial charge in [-0.3, -0.25) is 4.79 Å². The number of carbonyl (C=O) groups excluding carboxylic acids is 1. The summed E-state index contributed by atoms with van der Waals surface area (Å²) in [6.45, 7) is 5.67. The minimum Gasteiger partial charge on any atom is -0.472 e. The number of aryl methyl sites for hydroxylation is 1.